The molecule has 26 nitrogen and oxygen atoms in total. The molecule has 570 valence electrons. The molecule has 0 amide bonds. The third kappa shape index (κ3) is 28.4. The molecule has 2 saturated heterocycles. The lowest BCUT2D eigenvalue weighted by molar-refractivity contribution is -0.314. The third-order valence-electron chi connectivity index (χ3n) is 21.1. The minimum absolute atomic E-state index is 0.0617. The average molecular weight is 1400 g/mol. The van der Waals surface area contributed by atoms with Gasteiger partial charge in [0.15, 0.2) is 12.6 Å². The Balaban J connectivity index is 2.03. The Morgan fingerprint density at radius 1 is 0.546 bits per heavy atom. The molecule has 0 saturated carbocycles. The van der Waals surface area contributed by atoms with Gasteiger partial charge in [-0.25, -0.2) is 0 Å². The van der Waals surface area contributed by atoms with Crippen molar-refractivity contribution >= 4 is 5.97 Å². The second-order valence-corrected chi connectivity index (χ2v) is 29.7. The number of allylic oxidation sites excluding steroid dienone is 1. The van der Waals surface area contributed by atoms with Gasteiger partial charge in [-0.3, -0.25) is 4.79 Å². The largest absolute Gasteiger partial charge is 0.462 e. The van der Waals surface area contributed by atoms with E-state index in [1.54, 1.807) is 40.7 Å². The van der Waals surface area contributed by atoms with Crippen molar-refractivity contribution in [1.82, 2.24) is 0 Å². The van der Waals surface area contributed by atoms with Crippen molar-refractivity contribution < 1.29 is 120 Å². The first kappa shape index (κ1) is 88.9. The van der Waals surface area contributed by atoms with E-state index in [1.807, 2.05) is 26.0 Å². The number of carbonyl (C=O) groups is 1. The number of rotatable bonds is 14. The minimum Gasteiger partial charge on any atom is -0.462 e. The Hall–Kier alpha value is -2.27. The summed E-state index contributed by atoms with van der Waals surface area (Å²) in [5.74, 6) is -5.94. The summed E-state index contributed by atoms with van der Waals surface area (Å²) in [6, 6.07) is -1.17. The van der Waals surface area contributed by atoms with Gasteiger partial charge in [-0.15, -0.1) is 0 Å². The van der Waals surface area contributed by atoms with Crippen molar-refractivity contribution in [2.45, 2.75) is 339 Å². The van der Waals surface area contributed by atoms with Crippen molar-refractivity contribution in [2.75, 3.05) is 13.2 Å². The molecule has 24 unspecified atom stereocenters. The van der Waals surface area contributed by atoms with Crippen LogP contribution in [0.2, 0.25) is 0 Å². The molecule has 34 atom stereocenters. The fraction of sp³-hybridized carbons (Fsp3) is 0.901. The van der Waals surface area contributed by atoms with Crippen molar-refractivity contribution in [3.8, 4) is 0 Å². The van der Waals surface area contributed by atoms with Crippen LogP contribution in [0.15, 0.2) is 35.5 Å². The lowest BCUT2D eigenvalue weighted by Gasteiger charge is -2.43. The van der Waals surface area contributed by atoms with Crippen LogP contribution in [0, 0.1) is 53.3 Å². The van der Waals surface area contributed by atoms with Gasteiger partial charge in [0, 0.05) is 48.3 Å². The number of aliphatic hydroxyl groups excluding tert-OH is 18. The van der Waals surface area contributed by atoms with Gasteiger partial charge in [0.1, 0.15) is 42.7 Å². The van der Waals surface area contributed by atoms with Crippen molar-refractivity contribution in [1.29, 1.82) is 0 Å². The molecule has 0 bridgehead atoms. The molecule has 2 fully saturated rings. The lowest BCUT2D eigenvalue weighted by Crippen LogP contribution is -2.62. The highest BCUT2D eigenvalue weighted by Crippen LogP contribution is 2.36. The molecular weight excluding hydrogens is 1260 g/mol. The maximum atomic E-state index is 14.2. The SMILES string of the molecule is CC1=CC(C)C(O)/C(C)=C/C(O[C@@H]2O[C@H](CO)[C@@H](O)[C@H](O)[C@@H]2O)C(O)C(C)C(O)CC(O)CC(O)C(C)C(O)CC(O)CC(O)C(C)C(O)CC(O)CC(O[C@@H]2O[C@H](C)[C@@H](O)[C@H](N)[C@H]2O)C(C)C(C(C)CC(C)CCCCCCN)OC(=O)CCC(C)C(O)CC/C=C/C(C)C1O. The molecule has 3 heterocycles. The fourth-order valence-corrected chi connectivity index (χ4v) is 13.7. The number of carbonyl (C=O) groups excluding carboxylic acids is 1. The van der Waals surface area contributed by atoms with Crippen LogP contribution in [-0.4, -0.2) is 264 Å². The first-order chi connectivity index (χ1) is 45.4. The predicted octanol–water partition coefficient (Wildman–Crippen LogP) is 0.981. The van der Waals surface area contributed by atoms with Crippen LogP contribution >= 0.6 is 0 Å². The predicted molar refractivity (Wildman–Crippen MR) is 362 cm³/mol. The summed E-state index contributed by atoms with van der Waals surface area (Å²) < 4.78 is 30.6. The minimum atomic E-state index is -1.90. The molecule has 97 heavy (non-hydrogen) atoms. The molecule has 0 aliphatic carbocycles. The van der Waals surface area contributed by atoms with Gasteiger partial charge in [-0.1, -0.05) is 112 Å². The number of aliphatic hydroxyl groups is 18. The van der Waals surface area contributed by atoms with Crippen LogP contribution < -0.4 is 11.5 Å². The maximum Gasteiger partial charge on any atom is 0.306 e. The Morgan fingerprint density at radius 3 is 1.60 bits per heavy atom. The van der Waals surface area contributed by atoms with E-state index < -0.39 is 214 Å². The van der Waals surface area contributed by atoms with Gasteiger partial charge >= 0.3 is 5.97 Å². The molecule has 26 heteroatoms. The number of hydrogen-bond donors (Lipinski definition) is 20. The Bertz CT molecular complexity index is 2270. The summed E-state index contributed by atoms with van der Waals surface area (Å²) in [6.45, 7) is 20.2. The van der Waals surface area contributed by atoms with Crippen molar-refractivity contribution in [2.24, 2.45) is 64.7 Å². The van der Waals surface area contributed by atoms with Crippen LogP contribution in [0.5, 0.6) is 0 Å². The second-order valence-electron chi connectivity index (χ2n) is 29.7. The molecular formula is C71H132N2O24. The zero-order valence-corrected chi connectivity index (χ0v) is 59.8. The monoisotopic (exact) mass is 1400 g/mol. The van der Waals surface area contributed by atoms with Crippen LogP contribution in [0.1, 0.15) is 186 Å². The number of nitrogens with two attached hydrogens (primary N) is 2. The molecule has 0 aromatic rings. The summed E-state index contributed by atoms with van der Waals surface area (Å²) in [6.07, 6.45) is -22.3. The third-order valence-corrected chi connectivity index (χ3v) is 21.1. The number of cyclic esters (lactones) is 1. The van der Waals surface area contributed by atoms with Gasteiger partial charge in [-0.05, 0) is 120 Å². The lowest BCUT2D eigenvalue weighted by atomic mass is 9.81. The zero-order chi connectivity index (χ0) is 73.5. The van der Waals surface area contributed by atoms with E-state index in [1.165, 1.54) is 33.8 Å². The van der Waals surface area contributed by atoms with E-state index in [4.69, 9.17) is 35.2 Å². The average Bonchev–Trinajstić information content (AvgIpc) is 0.831. The van der Waals surface area contributed by atoms with E-state index >= 15 is 0 Å². The van der Waals surface area contributed by atoms with E-state index in [-0.39, 0.29) is 61.9 Å². The van der Waals surface area contributed by atoms with E-state index in [9.17, 15) is 96.7 Å². The van der Waals surface area contributed by atoms with Gasteiger partial charge in [-0.2, -0.15) is 0 Å². The molecule has 22 N–H and O–H groups in total. The van der Waals surface area contributed by atoms with Crippen LogP contribution in [0.3, 0.4) is 0 Å². The van der Waals surface area contributed by atoms with Gasteiger partial charge in [0.2, 0.25) is 0 Å². The Kier molecular flexibility index (Phi) is 40.1. The number of ether oxygens (including phenoxy) is 5. The summed E-state index contributed by atoms with van der Waals surface area (Å²) in [4.78, 5) is 14.2. The highest BCUT2D eigenvalue weighted by atomic mass is 16.7. The number of esters is 1. The summed E-state index contributed by atoms with van der Waals surface area (Å²) in [5.41, 5.74) is 12.7. The molecule has 3 aliphatic rings. The highest BCUT2D eigenvalue weighted by molar-refractivity contribution is 5.69. The molecule has 3 rings (SSSR count). The number of unbranched alkanes of at least 4 members (excludes halogenated alkanes) is 3. The van der Waals surface area contributed by atoms with E-state index in [2.05, 4.69) is 6.92 Å². The second kappa shape index (κ2) is 43.7. The van der Waals surface area contributed by atoms with Crippen molar-refractivity contribution in [3.63, 3.8) is 0 Å². The topological polar surface area (TPSA) is 479 Å². The fourth-order valence-electron chi connectivity index (χ4n) is 13.7. The first-order valence-corrected chi connectivity index (χ1v) is 35.8. The zero-order valence-electron chi connectivity index (χ0n) is 59.8. The van der Waals surface area contributed by atoms with Crippen molar-refractivity contribution in [3.05, 3.63) is 35.5 Å². The summed E-state index contributed by atoms with van der Waals surface area (Å²) in [7, 11) is 0. The van der Waals surface area contributed by atoms with Gasteiger partial charge in [0.25, 0.3) is 0 Å². The molecule has 3 aliphatic heterocycles. The molecule has 0 spiro atoms. The number of hydrogen-bond acceptors (Lipinski definition) is 26. The Labute approximate surface area is 576 Å². The quantitative estimate of drug-likeness (QED) is 0.0655. The molecule has 0 radical (unpaired) electrons. The van der Waals surface area contributed by atoms with Gasteiger partial charge in [0.05, 0.1) is 104 Å². The van der Waals surface area contributed by atoms with E-state index in [0.717, 1.165) is 32.1 Å². The smallest absolute Gasteiger partial charge is 0.306 e. The van der Waals surface area contributed by atoms with Crippen LogP contribution in [0.25, 0.3) is 0 Å². The van der Waals surface area contributed by atoms with Gasteiger partial charge < -0.3 is 127 Å². The molecule has 0 aromatic heterocycles. The normalized spacial score (nSPS) is 44.8. The van der Waals surface area contributed by atoms with E-state index in [0.29, 0.717) is 31.4 Å². The summed E-state index contributed by atoms with van der Waals surface area (Å²) in [5, 5.41) is 202. The summed E-state index contributed by atoms with van der Waals surface area (Å²) >= 11 is 0. The highest BCUT2D eigenvalue weighted by Gasteiger charge is 2.48. The van der Waals surface area contributed by atoms with Crippen LogP contribution in [0.4, 0.5) is 0 Å². The first-order valence-electron chi connectivity index (χ1n) is 35.8. The molecule has 0 aromatic carbocycles. The maximum absolute atomic E-state index is 14.2. The standard InChI is InChI=1S/C71H132N2O24/c1-35(19-15-13-14-18-24-72)25-41(7)69-45(11)56(94-70-66(90)60(73)64(88)46(12)93-70)33-49(77)32-54(82)43(9)52(80)29-47(75)28-51(79)42(8)53(81)30-48(76)31-55(83)44(10)63(87)57(95-71-68(92)67(91)65(89)58(34-74)96-71)27-40(6)62(86)39(5)26-38(4)61(85)37(3)20-16-17-21-50(78)36(2)22-23-59(84)97-69/h16,20,26-27,35-37,39,41-58,60-71,74-83,85-92H,13-15,17-19,21-25,28-34,72-73H2,1-12H3/b20-16+,38-26?,40-27+/t35?,36?,37?,39?,41?,42?,43?,44?,45?,46-,47?,48?,49?,50?,51?,52?,53?,54?,55?,56?,57?,58-,60+,61?,62?,63?,64-,65-,66-,67+,68+,69?,70+,71-/m1/s1. The van der Waals surface area contributed by atoms with Crippen LogP contribution in [-0.2, 0) is 28.5 Å². The Morgan fingerprint density at radius 2 is 1.05 bits per heavy atom.